The van der Waals surface area contributed by atoms with E-state index in [1.54, 1.807) is 7.11 Å². The molecule has 1 aromatic rings. The van der Waals surface area contributed by atoms with Crippen LogP contribution in [-0.4, -0.2) is 55.7 Å². The Morgan fingerprint density at radius 2 is 2.23 bits per heavy atom. The highest BCUT2D eigenvalue weighted by Crippen LogP contribution is 2.21. The Bertz CT molecular complexity index is 466. The van der Waals surface area contributed by atoms with Gasteiger partial charge in [0.15, 0.2) is 5.96 Å². The summed E-state index contributed by atoms with van der Waals surface area (Å²) in [6.45, 7) is 5.12. The number of ether oxygens (including phenoxy) is 1. The standard InChI is InChI=1S/C17H27N3OS/c1-4-15-13-20(10-11-22-15)17(18-2)19-12-16(21-3)14-8-6-5-7-9-14/h5-9,15-16H,4,10-13H2,1-3H3,(H,18,19). The van der Waals surface area contributed by atoms with Gasteiger partial charge >= 0.3 is 0 Å². The van der Waals surface area contributed by atoms with Gasteiger partial charge in [0.2, 0.25) is 0 Å². The third-order valence-electron chi connectivity index (χ3n) is 4.01. The predicted molar refractivity (Wildman–Crippen MR) is 95.7 cm³/mol. The normalized spacial score (nSPS) is 20.8. The van der Waals surface area contributed by atoms with E-state index in [1.807, 2.05) is 25.2 Å². The maximum Gasteiger partial charge on any atom is 0.193 e. The van der Waals surface area contributed by atoms with Crippen molar-refractivity contribution in [3.05, 3.63) is 35.9 Å². The summed E-state index contributed by atoms with van der Waals surface area (Å²) in [5.41, 5.74) is 1.19. The summed E-state index contributed by atoms with van der Waals surface area (Å²) >= 11 is 2.07. The minimum Gasteiger partial charge on any atom is -0.375 e. The molecule has 1 fully saturated rings. The van der Waals surface area contributed by atoms with Gasteiger partial charge in [-0.1, -0.05) is 37.3 Å². The predicted octanol–water partition coefficient (Wildman–Crippen LogP) is 2.78. The van der Waals surface area contributed by atoms with Crippen LogP contribution in [0.3, 0.4) is 0 Å². The van der Waals surface area contributed by atoms with Crippen molar-refractivity contribution in [2.75, 3.05) is 39.5 Å². The van der Waals surface area contributed by atoms with Gasteiger partial charge in [0.25, 0.3) is 0 Å². The van der Waals surface area contributed by atoms with Crippen LogP contribution in [0.2, 0.25) is 0 Å². The van der Waals surface area contributed by atoms with Gasteiger partial charge < -0.3 is 15.0 Å². The van der Waals surface area contributed by atoms with E-state index < -0.39 is 0 Å². The maximum absolute atomic E-state index is 5.62. The Kier molecular flexibility index (Phi) is 7.06. The molecule has 0 aromatic heterocycles. The molecule has 22 heavy (non-hydrogen) atoms. The lowest BCUT2D eigenvalue weighted by atomic mass is 10.1. The molecule has 0 aliphatic carbocycles. The molecule has 2 atom stereocenters. The van der Waals surface area contributed by atoms with Gasteiger partial charge in [0, 0.05) is 44.8 Å². The van der Waals surface area contributed by atoms with Crippen LogP contribution in [0.5, 0.6) is 0 Å². The topological polar surface area (TPSA) is 36.9 Å². The maximum atomic E-state index is 5.62. The molecule has 1 N–H and O–H groups in total. The molecule has 0 saturated carbocycles. The summed E-state index contributed by atoms with van der Waals surface area (Å²) in [7, 11) is 3.61. The van der Waals surface area contributed by atoms with Crippen LogP contribution in [0.25, 0.3) is 0 Å². The third-order valence-corrected chi connectivity index (χ3v) is 5.38. The third kappa shape index (κ3) is 4.65. The van der Waals surface area contributed by atoms with E-state index in [0.717, 1.165) is 25.6 Å². The van der Waals surface area contributed by atoms with E-state index in [4.69, 9.17) is 4.74 Å². The summed E-state index contributed by atoms with van der Waals surface area (Å²) < 4.78 is 5.62. The average molecular weight is 321 g/mol. The summed E-state index contributed by atoms with van der Waals surface area (Å²) in [6, 6.07) is 10.3. The van der Waals surface area contributed by atoms with Crippen molar-refractivity contribution in [3.8, 4) is 0 Å². The highest BCUT2D eigenvalue weighted by atomic mass is 32.2. The largest absolute Gasteiger partial charge is 0.375 e. The second-order valence-electron chi connectivity index (χ2n) is 5.41. The minimum absolute atomic E-state index is 0.0408. The number of benzene rings is 1. The van der Waals surface area contributed by atoms with Crippen molar-refractivity contribution in [2.45, 2.75) is 24.7 Å². The van der Waals surface area contributed by atoms with Gasteiger partial charge in [0.05, 0.1) is 6.10 Å². The van der Waals surface area contributed by atoms with Crippen LogP contribution in [0.15, 0.2) is 35.3 Å². The number of nitrogens with one attached hydrogen (secondary N) is 1. The Morgan fingerprint density at radius 3 is 2.86 bits per heavy atom. The second-order valence-corrected chi connectivity index (χ2v) is 6.82. The molecule has 1 aliphatic heterocycles. The SMILES string of the molecule is CCC1CN(C(=NC)NCC(OC)c2ccccc2)CCS1. The molecule has 2 rings (SSSR count). The van der Waals surface area contributed by atoms with E-state index in [9.17, 15) is 0 Å². The van der Waals surface area contributed by atoms with Gasteiger partial charge in [-0.25, -0.2) is 0 Å². The fraction of sp³-hybridized carbons (Fsp3) is 0.588. The van der Waals surface area contributed by atoms with E-state index in [2.05, 4.69) is 46.0 Å². The van der Waals surface area contributed by atoms with Crippen molar-refractivity contribution in [1.82, 2.24) is 10.2 Å². The monoisotopic (exact) mass is 321 g/mol. The number of nitrogens with zero attached hydrogens (tertiary/aromatic N) is 2. The smallest absolute Gasteiger partial charge is 0.193 e. The number of hydrogen-bond donors (Lipinski definition) is 1. The molecule has 0 bridgehead atoms. The molecule has 1 heterocycles. The first-order valence-corrected chi connectivity index (χ1v) is 8.98. The Labute approximate surface area is 138 Å². The molecule has 5 heteroatoms. The Balaban J connectivity index is 1.93. The Morgan fingerprint density at radius 1 is 1.45 bits per heavy atom. The first-order valence-electron chi connectivity index (χ1n) is 7.93. The van der Waals surface area contributed by atoms with Crippen molar-refractivity contribution in [3.63, 3.8) is 0 Å². The molecular weight excluding hydrogens is 294 g/mol. The number of hydrogen-bond acceptors (Lipinski definition) is 3. The molecule has 1 saturated heterocycles. The lowest BCUT2D eigenvalue weighted by Gasteiger charge is -2.34. The first kappa shape index (κ1) is 17.2. The van der Waals surface area contributed by atoms with Crippen molar-refractivity contribution < 1.29 is 4.74 Å². The summed E-state index contributed by atoms with van der Waals surface area (Å²) in [5.74, 6) is 2.16. The van der Waals surface area contributed by atoms with Gasteiger partial charge in [-0.3, -0.25) is 4.99 Å². The number of aliphatic imine (C=N–C) groups is 1. The van der Waals surface area contributed by atoms with Crippen LogP contribution in [0.4, 0.5) is 0 Å². The molecule has 0 radical (unpaired) electrons. The van der Waals surface area contributed by atoms with E-state index >= 15 is 0 Å². The van der Waals surface area contributed by atoms with Crippen molar-refractivity contribution >= 4 is 17.7 Å². The molecule has 2 unspecified atom stereocenters. The molecule has 1 aliphatic rings. The summed E-state index contributed by atoms with van der Waals surface area (Å²) in [5, 5.41) is 4.18. The molecule has 122 valence electrons. The van der Waals surface area contributed by atoms with Gasteiger partial charge in [-0.2, -0.15) is 11.8 Å². The second kappa shape index (κ2) is 9.06. The fourth-order valence-electron chi connectivity index (χ4n) is 2.68. The van der Waals surface area contributed by atoms with Crippen LogP contribution >= 0.6 is 11.8 Å². The van der Waals surface area contributed by atoms with Crippen molar-refractivity contribution in [1.29, 1.82) is 0 Å². The highest BCUT2D eigenvalue weighted by Gasteiger charge is 2.22. The van der Waals surface area contributed by atoms with Crippen LogP contribution in [0, 0.1) is 0 Å². The van der Waals surface area contributed by atoms with Crippen molar-refractivity contribution in [2.24, 2.45) is 4.99 Å². The van der Waals surface area contributed by atoms with E-state index in [1.165, 1.54) is 17.7 Å². The molecular formula is C17H27N3OS. The van der Waals surface area contributed by atoms with E-state index in [0.29, 0.717) is 5.25 Å². The average Bonchev–Trinajstić information content (AvgIpc) is 2.60. The molecule has 4 nitrogen and oxygen atoms in total. The van der Waals surface area contributed by atoms with Gasteiger partial charge in [-0.05, 0) is 12.0 Å². The lowest BCUT2D eigenvalue weighted by molar-refractivity contribution is 0.106. The molecule has 1 aromatic carbocycles. The van der Waals surface area contributed by atoms with Crippen LogP contribution < -0.4 is 5.32 Å². The van der Waals surface area contributed by atoms with Crippen LogP contribution in [0.1, 0.15) is 25.0 Å². The molecule has 0 amide bonds. The number of thioether (sulfide) groups is 1. The number of methoxy groups -OCH3 is 1. The number of rotatable bonds is 5. The Hall–Kier alpha value is -1.20. The quantitative estimate of drug-likeness (QED) is 0.668. The lowest BCUT2D eigenvalue weighted by Crippen LogP contribution is -2.48. The molecule has 0 spiro atoms. The highest BCUT2D eigenvalue weighted by molar-refractivity contribution is 8.00. The summed E-state index contributed by atoms with van der Waals surface area (Å²) in [6.07, 6.45) is 1.25. The minimum atomic E-state index is 0.0408. The van der Waals surface area contributed by atoms with Gasteiger partial charge in [0.1, 0.15) is 0 Å². The zero-order valence-electron chi connectivity index (χ0n) is 13.8. The van der Waals surface area contributed by atoms with Gasteiger partial charge in [-0.15, -0.1) is 0 Å². The van der Waals surface area contributed by atoms with E-state index in [-0.39, 0.29) is 6.10 Å². The summed E-state index contributed by atoms with van der Waals surface area (Å²) in [4.78, 5) is 6.81. The number of guanidine groups is 1. The van der Waals surface area contributed by atoms with Crippen LogP contribution in [-0.2, 0) is 4.74 Å². The fourth-order valence-corrected chi connectivity index (χ4v) is 3.86. The zero-order valence-corrected chi connectivity index (χ0v) is 14.6. The first-order chi connectivity index (χ1) is 10.8. The zero-order chi connectivity index (χ0) is 15.8.